The third-order valence-electron chi connectivity index (χ3n) is 7.41. The first-order chi connectivity index (χ1) is 22.4. The zero-order valence-electron chi connectivity index (χ0n) is 25.1. The summed E-state index contributed by atoms with van der Waals surface area (Å²) in [6, 6.07) is 39.1. The van der Waals surface area contributed by atoms with Crippen LogP contribution in [0.4, 0.5) is 0 Å². The molecule has 4 aromatic rings. The highest BCUT2D eigenvalue weighted by Gasteiger charge is 2.50. The Morgan fingerprint density at radius 3 is 1.41 bits per heavy atom. The van der Waals surface area contributed by atoms with Gasteiger partial charge in [-0.1, -0.05) is 156 Å². The second-order valence-corrected chi connectivity index (χ2v) is 13.1. The molecular formula is C36H36Cl3NO6. The summed E-state index contributed by atoms with van der Waals surface area (Å²) in [5.74, 6) is -0.856. The minimum Gasteiger partial charge on any atom is -0.374 e. The Morgan fingerprint density at radius 1 is 0.587 bits per heavy atom. The number of benzene rings is 4. The van der Waals surface area contributed by atoms with Gasteiger partial charge >= 0.3 is 0 Å². The molecule has 0 bridgehead atoms. The molecule has 0 radical (unpaired) electrons. The van der Waals surface area contributed by atoms with Crippen molar-refractivity contribution in [3.63, 3.8) is 0 Å². The van der Waals surface area contributed by atoms with Crippen LogP contribution in [0.1, 0.15) is 22.3 Å². The van der Waals surface area contributed by atoms with Crippen molar-refractivity contribution in [1.29, 1.82) is 0 Å². The second kappa shape index (κ2) is 17.3. The number of amides is 1. The zero-order chi connectivity index (χ0) is 32.2. The Bertz CT molecular complexity index is 1460. The first-order valence-corrected chi connectivity index (χ1v) is 16.1. The average molecular weight is 685 g/mol. The van der Waals surface area contributed by atoms with Crippen molar-refractivity contribution in [2.45, 2.75) is 60.9 Å². The van der Waals surface area contributed by atoms with Gasteiger partial charge < -0.3 is 29.0 Å². The maximum absolute atomic E-state index is 13.0. The van der Waals surface area contributed by atoms with Crippen LogP contribution in [0.25, 0.3) is 0 Å². The van der Waals surface area contributed by atoms with Crippen LogP contribution in [0, 0.1) is 0 Å². The largest absolute Gasteiger partial charge is 0.374 e. The van der Waals surface area contributed by atoms with E-state index in [1.807, 2.05) is 121 Å². The van der Waals surface area contributed by atoms with Gasteiger partial charge in [0.1, 0.15) is 24.4 Å². The molecule has 0 aromatic heterocycles. The smallest absolute Gasteiger partial charge is 0.274 e. The Morgan fingerprint density at radius 2 is 0.978 bits per heavy atom. The van der Waals surface area contributed by atoms with Crippen molar-refractivity contribution >= 4 is 40.7 Å². The van der Waals surface area contributed by atoms with Gasteiger partial charge in [0.15, 0.2) is 6.23 Å². The first-order valence-electron chi connectivity index (χ1n) is 15.0. The predicted octanol–water partition coefficient (Wildman–Crippen LogP) is 7.17. The highest BCUT2D eigenvalue weighted by molar-refractivity contribution is 6.76. The van der Waals surface area contributed by atoms with Crippen LogP contribution in [0.3, 0.4) is 0 Å². The monoisotopic (exact) mass is 683 g/mol. The molecular weight excluding hydrogens is 649 g/mol. The van der Waals surface area contributed by atoms with E-state index in [0.29, 0.717) is 6.61 Å². The molecule has 0 aliphatic carbocycles. The molecule has 5 rings (SSSR count). The zero-order valence-corrected chi connectivity index (χ0v) is 27.3. The Kier molecular flexibility index (Phi) is 12.9. The van der Waals surface area contributed by atoms with E-state index in [1.165, 1.54) is 0 Å². The SMILES string of the molecule is O=C(NC1O[C@H](COCc2ccccc2)[C@H](OCc2ccccc2)[C@H](OCc2ccccc2)[C@@H]1OCc1ccccc1)C(Cl)(Cl)Cl. The summed E-state index contributed by atoms with van der Waals surface area (Å²) >= 11 is 17.9. The number of nitrogens with one attached hydrogen (secondary N) is 1. The van der Waals surface area contributed by atoms with E-state index in [4.69, 9.17) is 58.5 Å². The van der Waals surface area contributed by atoms with Gasteiger partial charge in [0.05, 0.1) is 33.0 Å². The van der Waals surface area contributed by atoms with Crippen LogP contribution in [0.15, 0.2) is 121 Å². The number of carbonyl (C=O) groups excluding carboxylic acids is 1. The molecule has 7 nitrogen and oxygen atoms in total. The lowest BCUT2D eigenvalue weighted by atomic mass is 9.96. The molecule has 0 spiro atoms. The van der Waals surface area contributed by atoms with Crippen LogP contribution in [0.2, 0.25) is 0 Å². The normalized spacial score (nSPS) is 21.5. The van der Waals surface area contributed by atoms with E-state index in [2.05, 4.69) is 5.32 Å². The van der Waals surface area contributed by atoms with Crippen molar-refractivity contribution in [2.75, 3.05) is 6.61 Å². The predicted molar refractivity (Wildman–Crippen MR) is 178 cm³/mol. The highest BCUT2D eigenvalue weighted by Crippen LogP contribution is 2.32. The fourth-order valence-electron chi connectivity index (χ4n) is 5.12. The van der Waals surface area contributed by atoms with Crippen molar-refractivity contribution in [3.8, 4) is 0 Å². The minimum absolute atomic E-state index is 0.130. The second-order valence-electron chi connectivity index (χ2n) is 10.9. The third-order valence-corrected chi connectivity index (χ3v) is 7.93. The first kappa shape index (κ1) is 34.4. The van der Waals surface area contributed by atoms with Gasteiger partial charge in [-0.2, -0.15) is 0 Å². The fourth-order valence-corrected chi connectivity index (χ4v) is 5.28. The lowest BCUT2D eigenvalue weighted by Crippen LogP contribution is -2.66. The topological polar surface area (TPSA) is 75.3 Å². The van der Waals surface area contributed by atoms with Gasteiger partial charge in [-0.15, -0.1) is 0 Å². The molecule has 5 atom stereocenters. The quantitative estimate of drug-likeness (QED) is 0.142. The van der Waals surface area contributed by atoms with E-state index in [-0.39, 0.29) is 26.4 Å². The van der Waals surface area contributed by atoms with Gasteiger partial charge in [-0.05, 0) is 22.3 Å². The summed E-state index contributed by atoms with van der Waals surface area (Å²) in [4.78, 5) is 13.0. The summed E-state index contributed by atoms with van der Waals surface area (Å²) in [7, 11) is 0. The number of hydrogen-bond donors (Lipinski definition) is 1. The Labute approximate surface area is 284 Å². The molecule has 1 fully saturated rings. The average Bonchev–Trinajstić information content (AvgIpc) is 3.07. The van der Waals surface area contributed by atoms with Crippen LogP contribution in [0.5, 0.6) is 0 Å². The van der Waals surface area contributed by atoms with Crippen molar-refractivity contribution < 1.29 is 28.5 Å². The van der Waals surface area contributed by atoms with E-state index in [9.17, 15) is 4.79 Å². The molecule has 1 aliphatic heterocycles. The molecule has 0 saturated carbocycles. The van der Waals surface area contributed by atoms with Crippen LogP contribution in [-0.2, 0) is 54.9 Å². The number of hydrogen-bond acceptors (Lipinski definition) is 6. The molecule has 242 valence electrons. The van der Waals surface area contributed by atoms with Gasteiger partial charge in [0.2, 0.25) is 0 Å². The molecule has 10 heteroatoms. The number of rotatable bonds is 14. The van der Waals surface area contributed by atoms with Crippen molar-refractivity contribution in [2.24, 2.45) is 0 Å². The molecule has 1 unspecified atom stereocenters. The lowest BCUT2D eigenvalue weighted by Gasteiger charge is -2.46. The molecule has 1 aliphatic rings. The van der Waals surface area contributed by atoms with Gasteiger partial charge in [0.25, 0.3) is 9.70 Å². The summed E-state index contributed by atoms with van der Waals surface area (Å²) < 4.78 is 30.1. The number of alkyl halides is 3. The molecule has 1 heterocycles. The molecule has 1 amide bonds. The van der Waals surface area contributed by atoms with Gasteiger partial charge in [-0.3, -0.25) is 4.79 Å². The van der Waals surface area contributed by atoms with Gasteiger partial charge in [-0.25, -0.2) is 0 Å². The van der Waals surface area contributed by atoms with Crippen LogP contribution in [-0.4, -0.2) is 47.0 Å². The Hall–Kier alpha value is -2.98. The minimum atomic E-state index is -2.23. The number of ether oxygens (including phenoxy) is 5. The van der Waals surface area contributed by atoms with E-state index < -0.39 is 40.3 Å². The summed E-state index contributed by atoms with van der Waals surface area (Å²) in [5.41, 5.74) is 3.85. The molecule has 46 heavy (non-hydrogen) atoms. The number of carbonyl (C=O) groups is 1. The van der Waals surface area contributed by atoms with Crippen molar-refractivity contribution in [3.05, 3.63) is 144 Å². The van der Waals surface area contributed by atoms with E-state index in [0.717, 1.165) is 22.3 Å². The summed E-state index contributed by atoms with van der Waals surface area (Å²) in [6.45, 7) is 1.23. The maximum Gasteiger partial charge on any atom is 0.274 e. The fraction of sp³-hybridized carbons (Fsp3) is 0.306. The van der Waals surface area contributed by atoms with Crippen LogP contribution >= 0.6 is 34.8 Å². The van der Waals surface area contributed by atoms with Gasteiger partial charge in [0, 0.05) is 0 Å². The number of halogens is 3. The Balaban J connectivity index is 1.46. The molecule has 1 saturated heterocycles. The van der Waals surface area contributed by atoms with Crippen LogP contribution < -0.4 is 5.32 Å². The van der Waals surface area contributed by atoms with E-state index in [1.54, 1.807) is 0 Å². The highest BCUT2D eigenvalue weighted by atomic mass is 35.6. The molecule has 4 aromatic carbocycles. The van der Waals surface area contributed by atoms with E-state index >= 15 is 0 Å². The summed E-state index contributed by atoms with van der Waals surface area (Å²) in [5, 5.41) is 2.73. The third kappa shape index (κ3) is 10.3. The maximum atomic E-state index is 13.0. The molecule has 1 N–H and O–H groups in total. The standard InChI is InChI=1S/C36H36Cl3NO6/c37-36(38,39)35(41)40-34-33(45-24-29-19-11-4-12-20-29)32(44-23-28-17-9-3-10-18-28)31(43-22-27-15-7-2-8-16-27)30(46-34)25-42-21-26-13-5-1-6-14-26/h1-20,30-34H,21-25H2,(H,40,41)/t30-,31+,32+,33+,34?/m1/s1. The van der Waals surface area contributed by atoms with Crippen molar-refractivity contribution in [1.82, 2.24) is 5.32 Å². The lowest BCUT2D eigenvalue weighted by molar-refractivity contribution is -0.277. The summed E-state index contributed by atoms with van der Waals surface area (Å²) in [6.07, 6.45) is -4.00.